The Morgan fingerprint density at radius 1 is 1.06 bits per heavy atom. The van der Waals surface area contributed by atoms with Crippen molar-refractivity contribution in [1.82, 2.24) is 15.3 Å². The van der Waals surface area contributed by atoms with Gasteiger partial charge in [-0.2, -0.15) is 0 Å². The maximum Gasteiger partial charge on any atom is 0.125 e. The standard InChI is InChI=1S/C14H25N3/c1-10(2)9-15-8-6-7-14-11(3)16-13(5)17-12(14)4/h10,15H,6-9H2,1-5H3. The summed E-state index contributed by atoms with van der Waals surface area (Å²) >= 11 is 0. The fourth-order valence-corrected chi connectivity index (χ4v) is 2.05. The Morgan fingerprint density at radius 3 is 2.18 bits per heavy atom. The minimum absolute atomic E-state index is 0.723. The summed E-state index contributed by atoms with van der Waals surface area (Å²) in [6.07, 6.45) is 2.23. The molecule has 0 spiro atoms. The van der Waals surface area contributed by atoms with Gasteiger partial charge in [-0.05, 0) is 58.2 Å². The first kappa shape index (κ1) is 14.1. The number of aromatic nitrogens is 2. The van der Waals surface area contributed by atoms with Gasteiger partial charge >= 0.3 is 0 Å². The molecule has 0 saturated heterocycles. The van der Waals surface area contributed by atoms with Gasteiger partial charge in [0.1, 0.15) is 5.82 Å². The lowest BCUT2D eigenvalue weighted by Crippen LogP contribution is -2.21. The highest BCUT2D eigenvalue weighted by molar-refractivity contribution is 5.24. The van der Waals surface area contributed by atoms with Crippen LogP contribution in [0.5, 0.6) is 0 Å². The van der Waals surface area contributed by atoms with Crippen molar-refractivity contribution in [1.29, 1.82) is 0 Å². The van der Waals surface area contributed by atoms with Gasteiger partial charge in [-0.1, -0.05) is 13.8 Å². The van der Waals surface area contributed by atoms with Gasteiger partial charge in [-0.15, -0.1) is 0 Å². The minimum atomic E-state index is 0.723. The number of hydrogen-bond donors (Lipinski definition) is 1. The number of nitrogens with zero attached hydrogens (tertiary/aromatic N) is 2. The van der Waals surface area contributed by atoms with Gasteiger partial charge in [0.05, 0.1) is 0 Å². The summed E-state index contributed by atoms with van der Waals surface area (Å²) in [4.78, 5) is 8.86. The van der Waals surface area contributed by atoms with E-state index in [0.717, 1.165) is 49.1 Å². The van der Waals surface area contributed by atoms with Crippen molar-refractivity contribution in [2.75, 3.05) is 13.1 Å². The molecule has 0 aliphatic carbocycles. The average molecular weight is 235 g/mol. The van der Waals surface area contributed by atoms with Crippen molar-refractivity contribution in [2.45, 2.75) is 47.5 Å². The molecule has 0 aliphatic heterocycles. The molecule has 1 rings (SSSR count). The summed E-state index contributed by atoms with van der Waals surface area (Å²) in [6.45, 7) is 12.8. The van der Waals surface area contributed by atoms with Gasteiger partial charge in [0.25, 0.3) is 0 Å². The number of nitrogens with one attached hydrogen (secondary N) is 1. The average Bonchev–Trinajstić information content (AvgIpc) is 2.20. The summed E-state index contributed by atoms with van der Waals surface area (Å²) in [7, 11) is 0. The van der Waals surface area contributed by atoms with E-state index in [9.17, 15) is 0 Å². The zero-order valence-corrected chi connectivity index (χ0v) is 11.8. The second-order valence-electron chi connectivity index (χ2n) is 5.12. The van der Waals surface area contributed by atoms with Gasteiger partial charge in [0.15, 0.2) is 0 Å². The lowest BCUT2D eigenvalue weighted by atomic mass is 10.1. The van der Waals surface area contributed by atoms with Crippen LogP contribution < -0.4 is 5.32 Å². The van der Waals surface area contributed by atoms with Crippen molar-refractivity contribution in [3.05, 3.63) is 22.8 Å². The second-order valence-corrected chi connectivity index (χ2v) is 5.12. The van der Waals surface area contributed by atoms with Gasteiger partial charge in [0.2, 0.25) is 0 Å². The topological polar surface area (TPSA) is 37.8 Å². The van der Waals surface area contributed by atoms with E-state index in [-0.39, 0.29) is 0 Å². The molecular weight excluding hydrogens is 210 g/mol. The van der Waals surface area contributed by atoms with Crippen LogP contribution in [0.3, 0.4) is 0 Å². The van der Waals surface area contributed by atoms with Crippen molar-refractivity contribution in [2.24, 2.45) is 5.92 Å². The smallest absolute Gasteiger partial charge is 0.125 e. The maximum absolute atomic E-state index is 4.43. The van der Waals surface area contributed by atoms with Crippen LogP contribution in [0.25, 0.3) is 0 Å². The van der Waals surface area contributed by atoms with Gasteiger partial charge < -0.3 is 5.32 Å². The molecule has 0 amide bonds. The predicted molar refractivity (Wildman–Crippen MR) is 72.3 cm³/mol. The van der Waals surface area contributed by atoms with Crippen LogP contribution in [-0.4, -0.2) is 23.1 Å². The van der Waals surface area contributed by atoms with E-state index in [4.69, 9.17) is 0 Å². The molecule has 0 fully saturated rings. The number of rotatable bonds is 6. The van der Waals surface area contributed by atoms with E-state index >= 15 is 0 Å². The van der Waals surface area contributed by atoms with Gasteiger partial charge in [-0.3, -0.25) is 0 Å². The molecule has 0 radical (unpaired) electrons. The first-order valence-corrected chi connectivity index (χ1v) is 6.52. The highest BCUT2D eigenvalue weighted by atomic mass is 14.9. The van der Waals surface area contributed by atoms with Crippen molar-refractivity contribution >= 4 is 0 Å². The molecule has 3 heteroatoms. The van der Waals surface area contributed by atoms with Gasteiger partial charge in [0, 0.05) is 11.4 Å². The molecule has 1 N–H and O–H groups in total. The molecular formula is C14H25N3. The molecule has 0 aromatic carbocycles. The first-order valence-electron chi connectivity index (χ1n) is 6.52. The molecule has 0 saturated carbocycles. The quantitative estimate of drug-likeness (QED) is 0.770. The molecule has 0 aliphatic rings. The number of aryl methyl sites for hydroxylation is 3. The third-order valence-electron chi connectivity index (χ3n) is 2.87. The van der Waals surface area contributed by atoms with Crippen molar-refractivity contribution in [3.63, 3.8) is 0 Å². The van der Waals surface area contributed by atoms with E-state index in [2.05, 4.69) is 43.0 Å². The van der Waals surface area contributed by atoms with Crippen LogP contribution in [0.2, 0.25) is 0 Å². The van der Waals surface area contributed by atoms with Crippen molar-refractivity contribution in [3.8, 4) is 0 Å². The normalized spacial score (nSPS) is 11.2. The summed E-state index contributed by atoms with van der Waals surface area (Å²) in [5, 5.41) is 3.46. The van der Waals surface area contributed by atoms with Crippen molar-refractivity contribution < 1.29 is 0 Å². The lowest BCUT2D eigenvalue weighted by molar-refractivity contribution is 0.542. The SMILES string of the molecule is Cc1nc(C)c(CCCNCC(C)C)c(C)n1. The molecule has 17 heavy (non-hydrogen) atoms. The zero-order chi connectivity index (χ0) is 12.8. The summed E-state index contributed by atoms with van der Waals surface area (Å²) in [5.74, 6) is 1.60. The second kappa shape index (κ2) is 6.70. The van der Waals surface area contributed by atoms with Gasteiger partial charge in [-0.25, -0.2) is 9.97 Å². The molecule has 1 aromatic rings. The molecule has 1 aromatic heterocycles. The number of hydrogen-bond acceptors (Lipinski definition) is 3. The summed E-state index contributed by atoms with van der Waals surface area (Å²) in [5.41, 5.74) is 3.60. The van der Waals surface area contributed by atoms with Crippen LogP contribution in [-0.2, 0) is 6.42 Å². The molecule has 0 unspecified atom stereocenters. The summed E-state index contributed by atoms with van der Waals surface area (Å²) < 4.78 is 0. The Morgan fingerprint density at radius 2 is 1.65 bits per heavy atom. The van der Waals surface area contributed by atoms with E-state index < -0.39 is 0 Å². The first-order chi connectivity index (χ1) is 8.00. The largest absolute Gasteiger partial charge is 0.316 e. The minimum Gasteiger partial charge on any atom is -0.316 e. The molecule has 0 atom stereocenters. The molecule has 1 heterocycles. The van der Waals surface area contributed by atoms with Crippen LogP contribution in [0, 0.1) is 26.7 Å². The van der Waals surface area contributed by atoms with Crippen LogP contribution in [0.1, 0.15) is 43.0 Å². The van der Waals surface area contributed by atoms with E-state index in [1.807, 2.05) is 6.92 Å². The highest BCUT2D eigenvalue weighted by Gasteiger charge is 2.06. The highest BCUT2D eigenvalue weighted by Crippen LogP contribution is 2.11. The Balaban J connectivity index is 2.42. The fraction of sp³-hybridized carbons (Fsp3) is 0.714. The van der Waals surface area contributed by atoms with E-state index in [1.165, 1.54) is 5.56 Å². The predicted octanol–water partition coefficient (Wildman–Crippen LogP) is 2.58. The maximum atomic E-state index is 4.43. The monoisotopic (exact) mass is 235 g/mol. The summed E-state index contributed by atoms with van der Waals surface area (Å²) in [6, 6.07) is 0. The Kier molecular flexibility index (Phi) is 5.56. The zero-order valence-electron chi connectivity index (χ0n) is 11.8. The molecule has 96 valence electrons. The Hall–Kier alpha value is -0.960. The molecule has 3 nitrogen and oxygen atoms in total. The third kappa shape index (κ3) is 4.82. The van der Waals surface area contributed by atoms with Crippen LogP contribution >= 0.6 is 0 Å². The lowest BCUT2D eigenvalue weighted by Gasteiger charge is -2.10. The Labute approximate surface area is 105 Å². The van der Waals surface area contributed by atoms with Crippen LogP contribution in [0.15, 0.2) is 0 Å². The Bertz CT molecular complexity index is 335. The molecule has 0 bridgehead atoms. The van der Waals surface area contributed by atoms with Crippen LogP contribution in [0.4, 0.5) is 0 Å². The fourth-order valence-electron chi connectivity index (χ4n) is 2.05. The van der Waals surface area contributed by atoms with E-state index in [0.29, 0.717) is 0 Å². The van der Waals surface area contributed by atoms with E-state index in [1.54, 1.807) is 0 Å². The third-order valence-corrected chi connectivity index (χ3v) is 2.87.